The Morgan fingerprint density at radius 1 is 1.23 bits per heavy atom. The highest BCUT2D eigenvalue weighted by atomic mass is 19.1. The third-order valence-electron chi connectivity index (χ3n) is 4.24. The smallest absolute Gasteiger partial charge is 0.269 e. The van der Waals surface area contributed by atoms with Crippen molar-refractivity contribution in [1.82, 2.24) is 15.5 Å². The minimum Gasteiger partial charge on any atom is -0.350 e. The average Bonchev–Trinajstić information content (AvgIpc) is 3.04. The third kappa shape index (κ3) is 3.53. The van der Waals surface area contributed by atoms with E-state index in [2.05, 4.69) is 15.5 Å². The van der Waals surface area contributed by atoms with Gasteiger partial charge in [-0.25, -0.2) is 4.39 Å². The molecule has 1 aromatic carbocycles. The number of hydrogen-bond donors (Lipinski definition) is 2. The first-order chi connectivity index (χ1) is 10.7. The Labute approximate surface area is 129 Å². The number of amides is 1. The number of carbonyl (C=O) groups is 1. The van der Waals surface area contributed by atoms with Crippen LogP contribution in [0.1, 0.15) is 42.6 Å². The molecule has 1 saturated carbocycles. The number of carbonyl (C=O) groups excluding carboxylic acids is 1. The van der Waals surface area contributed by atoms with E-state index in [1.165, 1.54) is 44.2 Å². The molecule has 1 heterocycles. The number of H-pyrrole nitrogens is 1. The minimum absolute atomic E-state index is 0.133. The first-order valence-electron chi connectivity index (χ1n) is 7.82. The molecule has 1 aliphatic carbocycles. The molecule has 4 nitrogen and oxygen atoms in total. The molecule has 1 aromatic heterocycles. The molecule has 2 aromatic rings. The summed E-state index contributed by atoms with van der Waals surface area (Å²) < 4.78 is 12.9. The summed E-state index contributed by atoms with van der Waals surface area (Å²) in [5.74, 6) is 0.174. The number of aromatic nitrogens is 2. The summed E-state index contributed by atoms with van der Waals surface area (Å²) in [6.07, 6.45) is 6.23. The fourth-order valence-electron chi connectivity index (χ4n) is 2.93. The van der Waals surface area contributed by atoms with Crippen LogP contribution in [0.4, 0.5) is 4.39 Å². The highest BCUT2D eigenvalue weighted by Crippen LogP contribution is 2.23. The van der Waals surface area contributed by atoms with Gasteiger partial charge in [0.15, 0.2) is 0 Å². The molecule has 0 saturated heterocycles. The third-order valence-corrected chi connectivity index (χ3v) is 4.24. The summed E-state index contributed by atoms with van der Waals surface area (Å²) in [6.45, 7) is 0.726. The molecule has 0 aliphatic heterocycles. The van der Waals surface area contributed by atoms with Crippen molar-refractivity contribution in [1.29, 1.82) is 0 Å². The molecule has 0 radical (unpaired) electrons. The van der Waals surface area contributed by atoms with Crippen LogP contribution in [0.25, 0.3) is 11.3 Å². The fraction of sp³-hybridized carbons (Fsp3) is 0.412. The molecule has 5 heteroatoms. The Bertz CT molecular complexity index is 630. The van der Waals surface area contributed by atoms with Crippen molar-refractivity contribution in [3.63, 3.8) is 0 Å². The van der Waals surface area contributed by atoms with Gasteiger partial charge in [-0.2, -0.15) is 5.10 Å². The zero-order chi connectivity index (χ0) is 15.4. The number of nitrogens with one attached hydrogen (secondary N) is 2. The lowest BCUT2D eigenvalue weighted by Crippen LogP contribution is -2.30. The summed E-state index contributed by atoms with van der Waals surface area (Å²) in [4.78, 5) is 12.1. The Morgan fingerprint density at radius 3 is 2.68 bits per heavy atom. The van der Waals surface area contributed by atoms with Crippen LogP contribution < -0.4 is 5.32 Å². The summed E-state index contributed by atoms with van der Waals surface area (Å²) in [5.41, 5.74) is 1.86. The van der Waals surface area contributed by atoms with Crippen molar-refractivity contribution in [3.8, 4) is 11.3 Å². The predicted octanol–water partition coefficient (Wildman–Crippen LogP) is 3.53. The second-order valence-corrected chi connectivity index (χ2v) is 5.89. The van der Waals surface area contributed by atoms with Crippen molar-refractivity contribution in [2.75, 3.05) is 6.54 Å². The molecule has 0 unspecified atom stereocenters. The molecular weight excluding hydrogens is 281 g/mol. The standard InChI is InChI=1S/C17H20FN3O/c18-14-8-6-13(7-9-14)15-10-16(21-20-15)17(22)19-11-12-4-2-1-3-5-12/h6-10,12H,1-5,11H2,(H,19,22)(H,20,21). The van der Waals surface area contributed by atoms with E-state index in [0.717, 1.165) is 12.1 Å². The molecular formula is C17H20FN3O. The number of aromatic amines is 1. The summed E-state index contributed by atoms with van der Waals surface area (Å²) in [7, 11) is 0. The van der Waals surface area contributed by atoms with Gasteiger partial charge in [0.25, 0.3) is 5.91 Å². The Balaban J connectivity index is 1.60. The Morgan fingerprint density at radius 2 is 1.95 bits per heavy atom. The predicted molar refractivity (Wildman–Crippen MR) is 82.9 cm³/mol. The van der Waals surface area contributed by atoms with Crippen LogP contribution in [0.15, 0.2) is 30.3 Å². The number of benzene rings is 1. The van der Waals surface area contributed by atoms with Gasteiger partial charge in [-0.3, -0.25) is 9.89 Å². The number of hydrogen-bond acceptors (Lipinski definition) is 2. The Hall–Kier alpha value is -2.17. The Kier molecular flexibility index (Phi) is 4.51. The second kappa shape index (κ2) is 6.73. The monoisotopic (exact) mass is 301 g/mol. The van der Waals surface area contributed by atoms with E-state index in [1.807, 2.05) is 0 Å². The molecule has 1 amide bonds. The summed E-state index contributed by atoms with van der Waals surface area (Å²) >= 11 is 0. The zero-order valence-electron chi connectivity index (χ0n) is 12.4. The van der Waals surface area contributed by atoms with Crippen molar-refractivity contribution in [2.45, 2.75) is 32.1 Å². The van der Waals surface area contributed by atoms with Crippen LogP contribution in [0.5, 0.6) is 0 Å². The number of rotatable bonds is 4. The molecule has 0 bridgehead atoms. The van der Waals surface area contributed by atoms with E-state index in [1.54, 1.807) is 18.2 Å². The SMILES string of the molecule is O=C(NCC1CCCCC1)c1cc(-c2ccc(F)cc2)n[nH]1. The van der Waals surface area contributed by atoms with Crippen LogP contribution in [0.3, 0.4) is 0 Å². The normalized spacial score (nSPS) is 15.7. The molecule has 3 rings (SSSR count). The lowest BCUT2D eigenvalue weighted by atomic mass is 9.89. The van der Waals surface area contributed by atoms with Gasteiger partial charge < -0.3 is 5.32 Å². The van der Waals surface area contributed by atoms with Gasteiger partial charge in [0, 0.05) is 12.1 Å². The van der Waals surface area contributed by atoms with Gasteiger partial charge in [0.05, 0.1) is 5.69 Å². The van der Waals surface area contributed by atoms with Gasteiger partial charge in [-0.15, -0.1) is 0 Å². The lowest BCUT2D eigenvalue weighted by molar-refractivity contribution is 0.0938. The van der Waals surface area contributed by atoms with Crippen molar-refractivity contribution < 1.29 is 9.18 Å². The van der Waals surface area contributed by atoms with Gasteiger partial charge in [-0.1, -0.05) is 19.3 Å². The van der Waals surface area contributed by atoms with Gasteiger partial charge in [0.1, 0.15) is 11.5 Å². The largest absolute Gasteiger partial charge is 0.350 e. The zero-order valence-corrected chi connectivity index (χ0v) is 12.4. The maximum absolute atomic E-state index is 12.9. The molecule has 0 spiro atoms. The quantitative estimate of drug-likeness (QED) is 0.907. The lowest BCUT2D eigenvalue weighted by Gasteiger charge is -2.21. The first-order valence-corrected chi connectivity index (χ1v) is 7.82. The highest BCUT2D eigenvalue weighted by Gasteiger charge is 2.16. The van der Waals surface area contributed by atoms with Gasteiger partial charge >= 0.3 is 0 Å². The average molecular weight is 301 g/mol. The van der Waals surface area contributed by atoms with E-state index in [0.29, 0.717) is 17.3 Å². The van der Waals surface area contributed by atoms with E-state index in [4.69, 9.17) is 0 Å². The van der Waals surface area contributed by atoms with E-state index >= 15 is 0 Å². The van der Waals surface area contributed by atoms with Gasteiger partial charge in [-0.05, 0) is 49.1 Å². The van der Waals surface area contributed by atoms with Gasteiger partial charge in [0.2, 0.25) is 0 Å². The summed E-state index contributed by atoms with van der Waals surface area (Å²) in [6, 6.07) is 7.76. The van der Waals surface area contributed by atoms with Crippen molar-refractivity contribution in [2.24, 2.45) is 5.92 Å². The molecule has 22 heavy (non-hydrogen) atoms. The fourth-order valence-corrected chi connectivity index (χ4v) is 2.93. The molecule has 116 valence electrons. The molecule has 0 atom stereocenters. The van der Waals surface area contributed by atoms with E-state index < -0.39 is 0 Å². The molecule has 2 N–H and O–H groups in total. The number of nitrogens with zero attached hydrogens (tertiary/aromatic N) is 1. The summed E-state index contributed by atoms with van der Waals surface area (Å²) in [5, 5.41) is 9.85. The van der Waals surface area contributed by atoms with Crippen LogP contribution >= 0.6 is 0 Å². The van der Waals surface area contributed by atoms with Crippen LogP contribution in [-0.2, 0) is 0 Å². The van der Waals surface area contributed by atoms with E-state index in [-0.39, 0.29) is 11.7 Å². The molecule has 1 aliphatic rings. The first kappa shape index (κ1) is 14.8. The van der Waals surface area contributed by atoms with Crippen molar-refractivity contribution >= 4 is 5.91 Å². The molecule has 1 fully saturated rings. The second-order valence-electron chi connectivity index (χ2n) is 5.89. The number of halogens is 1. The van der Waals surface area contributed by atoms with Crippen LogP contribution in [0, 0.1) is 11.7 Å². The topological polar surface area (TPSA) is 57.8 Å². The van der Waals surface area contributed by atoms with Crippen molar-refractivity contribution in [3.05, 3.63) is 41.8 Å². The maximum atomic E-state index is 12.9. The highest BCUT2D eigenvalue weighted by molar-refractivity contribution is 5.93. The minimum atomic E-state index is -0.287. The van der Waals surface area contributed by atoms with E-state index in [9.17, 15) is 9.18 Å². The van der Waals surface area contributed by atoms with Crippen LogP contribution in [0.2, 0.25) is 0 Å². The maximum Gasteiger partial charge on any atom is 0.269 e. The van der Waals surface area contributed by atoms with Crippen LogP contribution in [-0.4, -0.2) is 22.6 Å².